The van der Waals surface area contributed by atoms with E-state index in [2.05, 4.69) is 35.3 Å². The summed E-state index contributed by atoms with van der Waals surface area (Å²) in [7, 11) is 0. The maximum absolute atomic E-state index is 11.7. The van der Waals surface area contributed by atoms with Gasteiger partial charge >= 0.3 is 6.03 Å². The fraction of sp³-hybridized carbons (Fsp3) is 0.588. The first-order chi connectivity index (χ1) is 10.8. The maximum atomic E-state index is 11.7. The van der Waals surface area contributed by atoms with Gasteiger partial charge in [-0.05, 0) is 12.5 Å². The summed E-state index contributed by atoms with van der Waals surface area (Å²) in [6.45, 7) is 7.28. The Bertz CT molecular complexity index is 520. The number of hydrogen-bond acceptors (Lipinski definition) is 3. The standard InChI is InChI=1S/C17H25N3O2/c1-2-3-10-22-16-7-5-4-6-14(16)12-19-8-9-20-15(13-19)11-18-17(20)21/h4-7,15H,2-3,8-13H2,1H3,(H,18,21)/t15-/m0/s1. The van der Waals surface area contributed by atoms with Crippen molar-refractivity contribution >= 4 is 6.03 Å². The molecule has 0 radical (unpaired) electrons. The zero-order chi connectivity index (χ0) is 15.4. The third-order valence-corrected chi connectivity index (χ3v) is 4.44. The van der Waals surface area contributed by atoms with Gasteiger partial charge < -0.3 is 15.0 Å². The van der Waals surface area contributed by atoms with Crippen LogP contribution in [0.15, 0.2) is 24.3 Å². The molecule has 1 atom stereocenters. The SMILES string of the molecule is CCCCOc1ccccc1CN1CCN2C(=O)NC[C@H]2C1. The van der Waals surface area contributed by atoms with Gasteiger partial charge in [0.25, 0.3) is 0 Å². The molecule has 0 bridgehead atoms. The van der Waals surface area contributed by atoms with Crippen molar-refractivity contribution in [3.05, 3.63) is 29.8 Å². The highest BCUT2D eigenvalue weighted by atomic mass is 16.5. The maximum Gasteiger partial charge on any atom is 0.317 e. The van der Waals surface area contributed by atoms with E-state index in [-0.39, 0.29) is 6.03 Å². The van der Waals surface area contributed by atoms with E-state index in [1.165, 1.54) is 5.56 Å². The van der Waals surface area contributed by atoms with E-state index in [4.69, 9.17) is 4.74 Å². The summed E-state index contributed by atoms with van der Waals surface area (Å²) < 4.78 is 5.92. The number of amides is 2. The van der Waals surface area contributed by atoms with Gasteiger partial charge in [0.1, 0.15) is 5.75 Å². The lowest BCUT2D eigenvalue weighted by Crippen LogP contribution is -2.51. The predicted molar refractivity (Wildman–Crippen MR) is 86.0 cm³/mol. The smallest absolute Gasteiger partial charge is 0.317 e. The minimum Gasteiger partial charge on any atom is -0.493 e. The number of benzene rings is 1. The van der Waals surface area contributed by atoms with Gasteiger partial charge in [0.2, 0.25) is 0 Å². The molecule has 1 aromatic carbocycles. The fourth-order valence-corrected chi connectivity index (χ4v) is 3.15. The Kier molecular flexibility index (Phi) is 4.83. The van der Waals surface area contributed by atoms with Crippen molar-refractivity contribution in [2.24, 2.45) is 0 Å². The molecule has 2 fully saturated rings. The first kappa shape index (κ1) is 15.2. The van der Waals surface area contributed by atoms with Gasteiger partial charge in [-0.3, -0.25) is 4.90 Å². The molecular weight excluding hydrogens is 278 g/mol. The van der Waals surface area contributed by atoms with E-state index < -0.39 is 0 Å². The quantitative estimate of drug-likeness (QED) is 0.818. The molecule has 2 aliphatic rings. The zero-order valence-corrected chi connectivity index (χ0v) is 13.3. The number of hydrogen-bond donors (Lipinski definition) is 1. The number of urea groups is 1. The number of nitrogens with one attached hydrogen (secondary N) is 1. The topological polar surface area (TPSA) is 44.8 Å². The van der Waals surface area contributed by atoms with Crippen molar-refractivity contribution in [2.45, 2.75) is 32.4 Å². The number of ether oxygens (including phenoxy) is 1. The molecule has 2 saturated heterocycles. The Morgan fingerprint density at radius 2 is 2.18 bits per heavy atom. The van der Waals surface area contributed by atoms with Gasteiger partial charge in [0.05, 0.1) is 12.6 Å². The van der Waals surface area contributed by atoms with Crippen LogP contribution in [-0.2, 0) is 6.54 Å². The Balaban J connectivity index is 1.60. The monoisotopic (exact) mass is 303 g/mol. The van der Waals surface area contributed by atoms with Crippen LogP contribution in [0.1, 0.15) is 25.3 Å². The van der Waals surface area contributed by atoms with Gasteiger partial charge in [-0.15, -0.1) is 0 Å². The van der Waals surface area contributed by atoms with Crippen molar-refractivity contribution in [3.63, 3.8) is 0 Å². The normalized spacial score (nSPS) is 21.6. The average Bonchev–Trinajstić information content (AvgIpc) is 2.90. The summed E-state index contributed by atoms with van der Waals surface area (Å²) in [6.07, 6.45) is 2.23. The molecule has 2 heterocycles. The van der Waals surface area contributed by atoms with E-state index in [0.717, 1.165) is 57.9 Å². The second-order valence-corrected chi connectivity index (χ2v) is 6.08. The molecule has 1 aromatic rings. The number of carbonyl (C=O) groups excluding carboxylic acids is 1. The summed E-state index contributed by atoms with van der Waals surface area (Å²) >= 11 is 0. The molecule has 2 amide bonds. The van der Waals surface area contributed by atoms with Crippen molar-refractivity contribution in [3.8, 4) is 5.75 Å². The van der Waals surface area contributed by atoms with Crippen LogP contribution >= 0.6 is 0 Å². The highest BCUT2D eigenvalue weighted by molar-refractivity contribution is 5.77. The minimum absolute atomic E-state index is 0.0907. The molecule has 0 saturated carbocycles. The van der Waals surface area contributed by atoms with Crippen molar-refractivity contribution in [1.82, 2.24) is 15.1 Å². The number of rotatable bonds is 6. The van der Waals surface area contributed by atoms with Crippen LogP contribution < -0.4 is 10.1 Å². The Labute approximate surface area is 132 Å². The van der Waals surface area contributed by atoms with Gasteiger partial charge in [0.15, 0.2) is 0 Å². The highest BCUT2D eigenvalue weighted by Crippen LogP contribution is 2.22. The molecule has 120 valence electrons. The number of piperazine rings is 1. The summed E-state index contributed by atoms with van der Waals surface area (Å²) in [4.78, 5) is 16.0. The van der Waals surface area contributed by atoms with Crippen LogP contribution in [0.5, 0.6) is 5.75 Å². The van der Waals surface area contributed by atoms with Crippen molar-refractivity contribution in [1.29, 1.82) is 0 Å². The first-order valence-electron chi connectivity index (χ1n) is 8.25. The summed E-state index contributed by atoms with van der Waals surface area (Å²) in [5.41, 5.74) is 1.24. The molecular formula is C17H25N3O2. The Hall–Kier alpha value is -1.75. The molecule has 22 heavy (non-hydrogen) atoms. The largest absolute Gasteiger partial charge is 0.493 e. The van der Waals surface area contributed by atoms with Crippen LogP contribution in [0, 0.1) is 0 Å². The highest BCUT2D eigenvalue weighted by Gasteiger charge is 2.35. The predicted octanol–water partition coefficient (Wildman–Crippen LogP) is 2.07. The minimum atomic E-state index is 0.0907. The van der Waals surface area contributed by atoms with Gasteiger partial charge in [-0.2, -0.15) is 0 Å². The molecule has 2 aliphatic heterocycles. The van der Waals surface area contributed by atoms with Gasteiger partial charge in [0, 0.05) is 38.3 Å². The number of fused-ring (bicyclic) bond motifs is 1. The summed E-state index contributed by atoms with van der Waals surface area (Å²) in [6, 6.07) is 8.71. The average molecular weight is 303 g/mol. The molecule has 0 spiro atoms. The molecule has 0 aromatic heterocycles. The lowest BCUT2D eigenvalue weighted by Gasteiger charge is -2.36. The lowest BCUT2D eigenvalue weighted by atomic mass is 10.1. The molecule has 0 unspecified atom stereocenters. The Morgan fingerprint density at radius 1 is 1.32 bits per heavy atom. The number of nitrogens with zero attached hydrogens (tertiary/aromatic N) is 2. The second kappa shape index (κ2) is 7.01. The van der Waals surface area contributed by atoms with Crippen LogP contribution in [0.3, 0.4) is 0 Å². The third kappa shape index (κ3) is 3.35. The van der Waals surface area contributed by atoms with E-state index in [1.54, 1.807) is 0 Å². The van der Waals surface area contributed by atoms with Crippen LogP contribution in [0.4, 0.5) is 4.79 Å². The lowest BCUT2D eigenvalue weighted by molar-refractivity contribution is 0.115. The van der Waals surface area contributed by atoms with Crippen LogP contribution in [0.25, 0.3) is 0 Å². The van der Waals surface area contributed by atoms with Crippen molar-refractivity contribution in [2.75, 3.05) is 32.8 Å². The fourth-order valence-electron chi connectivity index (χ4n) is 3.15. The molecule has 1 N–H and O–H groups in total. The van der Waals surface area contributed by atoms with Crippen LogP contribution in [0.2, 0.25) is 0 Å². The van der Waals surface area contributed by atoms with Crippen LogP contribution in [-0.4, -0.2) is 54.7 Å². The van der Waals surface area contributed by atoms with Crippen molar-refractivity contribution < 1.29 is 9.53 Å². The third-order valence-electron chi connectivity index (χ3n) is 4.44. The van der Waals surface area contributed by atoms with E-state index in [0.29, 0.717) is 6.04 Å². The Morgan fingerprint density at radius 3 is 3.05 bits per heavy atom. The zero-order valence-electron chi connectivity index (χ0n) is 13.3. The number of carbonyl (C=O) groups is 1. The van der Waals surface area contributed by atoms with Gasteiger partial charge in [-0.25, -0.2) is 4.79 Å². The number of unbranched alkanes of at least 4 members (excludes halogenated alkanes) is 1. The molecule has 0 aliphatic carbocycles. The summed E-state index contributed by atoms with van der Waals surface area (Å²) in [5, 5.41) is 2.93. The molecule has 3 rings (SSSR count). The molecule has 5 nitrogen and oxygen atoms in total. The van der Waals surface area contributed by atoms with Gasteiger partial charge in [-0.1, -0.05) is 31.5 Å². The van der Waals surface area contributed by atoms with E-state index >= 15 is 0 Å². The number of para-hydroxylation sites is 1. The van der Waals surface area contributed by atoms with E-state index in [1.807, 2.05) is 11.0 Å². The van der Waals surface area contributed by atoms with E-state index in [9.17, 15) is 4.79 Å². The second-order valence-electron chi connectivity index (χ2n) is 6.08. The first-order valence-corrected chi connectivity index (χ1v) is 8.25. The molecule has 5 heteroatoms. The summed E-state index contributed by atoms with van der Waals surface area (Å²) in [5.74, 6) is 0.999.